The van der Waals surface area contributed by atoms with E-state index >= 15 is 0 Å². The number of guanidine groups is 1. The molecule has 0 fully saturated rings. The average Bonchev–Trinajstić information content (AvgIpc) is 3.13. The predicted molar refractivity (Wildman–Crippen MR) is 100 cm³/mol. The monoisotopic (exact) mass is 347 g/mol. The second-order valence-corrected chi connectivity index (χ2v) is 6.39. The summed E-state index contributed by atoms with van der Waals surface area (Å²) in [5.74, 6) is 2.23. The predicted octanol–water partition coefficient (Wildman–Crippen LogP) is 3.45. The number of methoxy groups -OCH3 is 1. The van der Waals surface area contributed by atoms with Gasteiger partial charge in [-0.2, -0.15) is 0 Å². The smallest absolute Gasteiger partial charge is 0.191 e. The van der Waals surface area contributed by atoms with Crippen LogP contribution in [0.4, 0.5) is 0 Å². The number of rotatable bonds is 7. The molecular weight excluding hydrogens is 322 g/mol. The summed E-state index contributed by atoms with van der Waals surface area (Å²) in [4.78, 5) is 5.54. The first-order valence-corrected chi connectivity index (χ1v) is 8.82. The first kappa shape index (κ1) is 18.1. The van der Waals surface area contributed by atoms with Gasteiger partial charge in [-0.3, -0.25) is 4.99 Å². The molecule has 0 saturated carbocycles. The van der Waals surface area contributed by atoms with E-state index in [-0.39, 0.29) is 12.1 Å². The van der Waals surface area contributed by atoms with Crippen LogP contribution in [-0.2, 0) is 0 Å². The molecule has 5 nitrogen and oxygen atoms in total. The van der Waals surface area contributed by atoms with Gasteiger partial charge in [-0.05, 0) is 37.4 Å². The van der Waals surface area contributed by atoms with E-state index < -0.39 is 0 Å². The molecule has 0 saturated heterocycles. The Labute approximate surface area is 147 Å². The summed E-state index contributed by atoms with van der Waals surface area (Å²) in [5.41, 5.74) is 0. The number of ether oxygens (including phenoxy) is 2. The number of nitrogens with one attached hydrogen (secondary N) is 2. The second kappa shape index (κ2) is 9.17. The molecule has 1 heterocycles. The molecule has 1 aromatic heterocycles. The highest BCUT2D eigenvalue weighted by atomic mass is 32.1. The van der Waals surface area contributed by atoms with E-state index in [0.717, 1.165) is 17.5 Å². The van der Waals surface area contributed by atoms with E-state index in [0.29, 0.717) is 6.54 Å². The van der Waals surface area contributed by atoms with Crippen LogP contribution in [0.1, 0.15) is 24.8 Å². The SMILES string of the molecule is CN=C(NCC(C)Oc1ccccc1OC)NC(C)c1cccs1. The van der Waals surface area contributed by atoms with Crippen LogP contribution >= 0.6 is 11.3 Å². The van der Waals surface area contributed by atoms with Gasteiger partial charge in [-0.1, -0.05) is 18.2 Å². The molecule has 0 amide bonds. The first-order chi connectivity index (χ1) is 11.6. The minimum Gasteiger partial charge on any atom is -0.493 e. The minimum absolute atomic E-state index is 0.0307. The van der Waals surface area contributed by atoms with Crippen molar-refractivity contribution in [3.63, 3.8) is 0 Å². The van der Waals surface area contributed by atoms with E-state index in [1.54, 1.807) is 25.5 Å². The molecule has 0 aliphatic heterocycles. The van der Waals surface area contributed by atoms with E-state index in [2.05, 4.69) is 40.1 Å². The molecule has 6 heteroatoms. The van der Waals surface area contributed by atoms with Gasteiger partial charge in [0.25, 0.3) is 0 Å². The lowest BCUT2D eigenvalue weighted by Gasteiger charge is -2.20. The Bertz CT molecular complexity index is 643. The molecule has 0 spiro atoms. The van der Waals surface area contributed by atoms with Crippen molar-refractivity contribution >= 4 is 17.3 Å². The summed E-state index contributed by atoms with van der Waals surface area (Å²) in [6, 6.07) is 12.0. The fourth-order valence-electron chi connectivity index (χ4n) is 2.22. The molecule has 2 N–H and O–H groups in total. The standard InChI is InChI=1S/C18H25N3O2S/c1-13(23-16-9-6-5-8-15(16)22-4)12-20-18(19-3)21-14(2)17-10-7-11-24-17/h5-11,13-14H,12H2,1-4H3,(H2,19,20,21). The third kappa shape index (κ3) is 5.16. The molecule has 2 rings (SSSR count). The third-order valence-electron chi connectivity index (χ3n) is 3.50. The molecule has 2 unspecified atom stereocenters. The number of thiophene rings is 1. The van der Waals surface area contributed by atoms with Crippen molar-refractivity contribution in [2.45, 2.75) is 26.0 Å². The van der Waals surface area contributed by atoms with Crippen LogP contribution in [0.25, 0.3) is 0 Å². The van der Waals surface area contributed by atoms with E-state index in [9.17, 15) is 0 Å². The largest absolute Gasteiger partial charge is 0.493 e. The number of nitrogens with zero attached hydrogens (tertiary/aromatic N) is 1. The summed E-state index contributed by atoms with van der Waals surface area (Å²) in [7, 11) is 3.41. The molecule has 2 atom stereocenters. The Morgan fingerprint density at radius 1 is 1.17 bits per heavy atom. The molecule has 1 aromatic carbocycles. The Balaban J connectivity index is 1.84. The lowest BCUT2D eigenvalue weighted by molar-refractivity contribution is 0.213. The number of aliphatic imine (C=N–C) groups is 1. The van der Waals surface area contributed by atoms with Crippen LogP contribution in [0.15, 0.2) is 46.8 Å². The van der Waals surface area contributed by atoms with E-state index in [4.69, 9.17) is 9.47 Å². The maximum atomic E-state index is 5.94. The third-order valence-corrected chi connectivity index (χ3v) is 4.56. The van der Waals surface area contributed by atoms with Gasteiger partial charge in [-0.15, -0.1) is 11.3 Å². The summed E-state index contributed by atoms with van der Waals surface area (Å²) in [6.45, 7) is 4.76. The highest BCUT2D eigenvalue weighted by Gasteiger charge is 2.11. The van der Waals surface area contributed by atoms with Crippen molar-refractivity contribution in [1.82, 2.24) is 10.6 Å². The van der Waals surface area contributed by atoms with Gasteiger partial charge in [0.1, 0.15) is 6.10 Å². The topological polar surface area (TPSA) is 54.9 Å². The lowest BCUT2D eigenvalue weighted by Crippen LogP contribution is -2.42. The normalized spacial score (nSPS) is 13.9. The van der Waals surface area contributed by atoms with Crippen LogP contribution in [-0.4, -0.2) is 32.8 Å². The van der Waals surface area contributed by atoms with Crippen molar-refractivity contribution in [2.24, 2.45) is 4.99 Å². The summed E-state index contributed by atoms with van der Waals surface area (Å²) in [5, 5.41) is 8.75. The molecular formula is C18H25N3O2S. The van der Waals surface area contributed by atoms with Crippen molar-refractivity contribution < 1.29 is 9.47 Å². The molecule has 0 bridgehead atoms. The zero-order valence-corrected chi connectivity index (χ0v) is 15.4. The summed E-state index contributed by atoms with van der Waals surface area (Å²) in [6.07, 6.45) is -0.0307. The van der Waals surface area contributed by atoms with Crippen LogP contribution in [0.5, 0.6) is 11.5 Å². The fraction of sp³-hybridized carbons (Fsp3) is 0.389. The van der Waals surface area contributed by atoms with Crippen LogP contribution in [0, 0.1) is 0 Å². The summed E-state index contributed by atoms with van der Waals surface area (Å²) < 4.78 is 11.2. The van der Waals surface area contributed by atoms with E-state index in [1.165, 1.54) is 4.88 Å². The van der Waals surface area contributed by atoms with Gasteiger partial charge in [0.2, 0.25) is 0 Å². The minimum atomic E-state index is -0.0307. The number of hydrogen-bond donors (Lipinski definition) is 2. The second-order valence-electron chi connectivity index (χ2n) is 5.41. The zero-order valence-electron chi connectivity index (χ0n) is 14.6. The number of benzene rings is 1. The van der Waals surface area contributed by atoms with Gasteiger partial charge >= 0.3 is 0 Å². The van der Waals surface area contributed by atoms with Crippen molar-refractivity contribution in [2.75, 3.05) is 20.7 Å². The Kier molecular flexibility index (Phi) is 6.93. The van der Waals surface area contributed by atoms with Crippen LogP contribution in [0.2, 0.25) is 0 Å². The quantitative estimate of drug-likeness (QED) is 0.595. The molecule has 0 aliphatic rings. The Morgan fingerprint density at radius 2 is 1.92 bits per heavy atom. The van der Waals surface area contributed by atoms with Crippen molar-refractivity contribution in [1.29, 1.82) is 0 Å². The van der Waals surface area contributed by atoms with Gasteiger partial charge in [-0.25, -0.2) is 0 Å². The van der Waals surface area contributed by atoms with Crippen LogP contribution < -0.4 is 20.1 Å². The van der Waals surface area contributed by atoms with Gasteiger partial charge in [0.15, 0.2) is 17.5 Å². The molecule has 0 aliphatic carbocycles. The first-order valence-electron chi connectivity index (χ1n) is 7.94. The van der Waals surface area contributed by atoms with Crippen molar-refractivity contribution in [3.05, 3.63) is 46.7 Å². The maximum absolute atomic E-state index is 5.94. The van der Waals surface area contributed by atoms with Gasteiger partial charge < -0.3 is 20.1 Å². The van der Waals surface area contributed by atoms with Crippen LogP contribution in [0.3, 0.4) is 0 Å². The van der Waals surface area contributed by atoms with Gasteiger partial charge in [0.05, 0.1) is 19.7 Å². The van der Waals surface area contributed by atoms with Crippen molar-refractivity contribution in [3.8, 4) is 11.5 Å². The Morgan fingerprint density at radius 3 is 2.54 bits per heavy atom. The average molecular weight is 347 g/mol. The maximum Gasteiger partial charge on any atom is 0.191 e. The van der Waals surface area contributed by atoms with E-state index in [1.807, 2.05) is 31.2 Å². The number of hydrogen-bond acceptors (Lipinski definition) is 4. The fourth-order valence-corrected chi connectivity index (χ4v) is 2.96. The molecule has 24 heavy (non-hydrogen) atoms. The molecule has 0 radical (unpaired) electrons. The highest BCUT2D eigenvalue weighted by Crippen LogP contribution is 2.26. The molecule has 2 aromatic rings. The summed E-state index contributed by atoms with van der Waals surface area (Å²) >= 11 is 1.73. The number of para-hydroxylation sites is 2. The van der Waals surface area contributed by atoms with Gasteiger partial charge in [0, 0.05) is 11.9 Å². The molecule has 130 valence electrons. The highest BCUT2D eigenvalue weighted by molar-refractivity contribution is 7.10. The zero-order chi connectivity index (χ0) is 17.4. The lowest BCUT2D eigenvalue weighted by atomic mass is 10.3. The Hall–Kier alpha value is -2.21.